The maximum atomic E-state index is 13.2. The largest absolute Gasteiger partial charge is 0.496 e. The van der Waals surface area contributed by atoms with Crippen LogP contribution in [0.15, 0.2) is 6.20 Å². The van der Waals surface area contributed by atoms with E-state index in [0.29, 0.717) is 22.0 Å². The van der Waals surface area contributed by atoms with Gasteiger partial charge >= 0.3 is 12.2 Å². The first-order valence-electron chi connectivity index (χ1n) is 12.8. The number of carbonyl (C=O) groups excluding carboxylic acids is 2. The molecular formula is C28H35ClN6O6. The van der Waals surface area contributed by atoms with Gasteiger partial charge in [-0.25, -0.2) is 14.3 Å². The molecule has 1 N–H and O–H groups in total. The predicted molar refractivity (Wildman–Crippen MR) is 153 cm³/mol. The van der Waals surface area contributed by atoms with Crippen LogP contribution in [-0.2, 0) is 22.4 Å². The molecule has 0 radical (unpaired) electrons. The van der Waals surface area contributed by atoms with Crippen LogP contribution in [0.25, 0.3) is 11.0 Å². The summed E-state index contributed by atoms with van der Waals surface area (Å²) in [5.41, 5.74) is 0.851. The van der Waals surface area contributed by atoms with Gasteiger partial charge in [-0.05, 0) is 55.4 Å². The molecule has 13 heteroatoms. The Kier molecular flexibility index (Phi) is 9.15. The number of amides is 2. The number of carbonyl (C=O) groups is 2. The zero-order valence-electron chi connectivity index (χ0n) is 24.7. The summed E-state index contributed by atoms with van der Waals surface area (Å²) >= 11 is 6.63. The summed E-state index contributed by atoms with van der Waals surface area (Å²) in [5, 5.41) is 14.9. The highest BCUT2D eigenvalue weighted by Gasteiger charge is 2.36. The summed E-state index contributed by atoms with van der Waals surface area (Å²) < 4.78 is 17.9. The fraction of sp³-hybridized carbons (Fsp3) is 0.500. The number of aliphatic hydroxyl groups excluding tert-OH is 1. The van der Waals surface area contributed by atoms with Gasteiger partial charge in [-0.2, -0.15) is 15.1 Å². The number of anilines is 1. The number of imide groups is 1. The highest BCUT2D eigenvalue weighted by Crippen LogP contribution is 2.31. The normalized spacial score (nSPS) is 12.5. The van der Waals surface area contributed by atoms with Crippen LogP contribution in [0, 0.1) is 26.2 Å². The molecule has 0 aliphatic rings. The number of aliphatic hydroxyl groups is 1. The number of rotatable bonds is 6. The number of ether oxygens (including phenoxy) is 3. The van der Waals surface area contributed by atoms with Gasteiger partial charge in [-0.15, -0.1) is 11.3 Å². The van der Waals surface area contributed by atoms with Crippen molar-refractivity contribution in [3.63, 3.8) is 0 Å². The Balaban J connectivity index is 2.26. The number of aromatic nitrogens is 5. The quantitative estimate of drug-likeness (QED) is 0.317. The van der Waals surface area contributed by atoms with E-state index in [2.05, 4.69) is 26.0 Å². The summed E-state index contributed by atoms with van der Waals surface area (Å²) in [5.74, 6) is 2.54. The zero-order chi connectivity index (χ0) is 30.9. The van der Waals surface area contributed by atoms with Crippen LogP contribution < -0.4 is 9.64 Å². The lowest BCUT2D eigenvalue weighted by Crippen LogP contribution is -2.44. The highest BCUT2D eigenvalue weighted by molar-refractivity contribution is 6.34. The van der Waals surface area contributed by atoms with Crippen molar-refractivity contribution in [3.8, 4) is 18.1 Å². The highest BCUT2D eigenvalue weighted by atomic mass is 35.5. The first-order valence-corrected chi connectivity index (χ1v) is 13.2. The van der Waals surface area contributed by atoms with Gasteiger partial charge < -0.3 is 19.3 Å². The molecule has 0 aliphatic carbocycles. The van der Waals surface area contributed by atoms with E-state index >= 15 is 0 Å². The van der Waals surface area contributed by atoms with Crippen LogP contribution in [0.2, 0.25) is 5.15 Å². The van der Waals surface area contributed by atoms with E-state index in [9.17, 15) is 14.7 Å². The number of fused-ring (bicyclic) bond motifs is 1. The SMILES string of the molecule is C#CC(O)Cc1nn(Cc2ncc(C)c(OC)c2C)c2nc(N(C(=O)OC(C)(C)C)C(=O)OC(C)(C)C)nc(Cl)c12. The molecule has 0 spiro atoms. The Morgan fingerprint density at radius 1 is 1.10 bits per heavy atom. The molecule has 220 valence electrons. The van der Waals surface area contributed by atoms with Crippen molar-refractivity contribution in [3.05, 3.63) is 33.9 Å². The van der Waals surface area contributed by atoms with Crippen LogP contribution in [0.1, 0.15) is 64.1 Å². The van der Waals surface area contributed by atoms with Gasteiger partial charge in [0.05, 0.1) is 30.4 Å². The lowest BCUT2D eigenvalue weighted by molar-refractivity contribution is 0.0427. The molecule has 0 saturated heterocycles. The average molecular weight is 587 g/mol. The number of pyridine rings is 1. The second kappa shape index (κ2) is 11.9. The maximum absolute atomic E-state index is 13.2. The number of methoxy groups -OCH3 is 1. The fourth-order valence-corrected chi connectivity index (χ4v) is 4.18. The monoisotopic (exact) mass is 586 g/mol. The van der Waals surface area contributed by atoms with Crippen LogP contribution in [0.3, 0.4) is 0 Å². The number of hydrogen-bond donors (Lipinski definition) is 1. The van der Waals surface area contributed by atoms with Crippen molar-refractivity contribution in [2.75, 3.05) is 12.0 Å². The summed E-state index contributed by atoms with van der Waals surface area (Å²) in [6.45, 7) is 13.8. The molecule has 1 atom stereocenters. The van der Waals surface area contributed by atoms with Crippen molar-refractivity contribution in [1.29, 1.82) is 0 Å². The van der Waals surface area contributed by atoms with Gasteiger partial charge in [-0.1, -0.05) is 17.5 Å². The molecule has 3 aromatic heterocycles. The number of halogens is 1. The smallest absolute Gasteiger partial charge is 0.427 e. The Hall–Kier alpha value is -3.95. The van der Waals surface area contributed by atoms with Crippen molar-refractivity contribution < 1.29 is 28.9 Å². The molecule has 12 nitrogen and oxygen atoms in total. The third-order valence-electron chi connectivity index (χ3n) is 5.59. The van der Waals surface area contributed by atoms with Crippen LogP contribution in [-0.4, -0.2) is 66.4 Å². The van der Waals surface area contributed by atoms with Crippen molar-refractivity contribution in [2.24, 2.45) is 0 Å². The third kappa shape index (κ3) is 7.42. The molecule has 1 unspecified atom stereocenters. The Morgan fingerprint density at radius 2 is 1.68 bits per heavy atom. The Labute approximate surface area is 244 Å². The third-order valence-corrected chi connectivity index (χ3v) is 5.86. The molecule has 3 rings (SSSR count). The van der Waals surface area contributed by atoms with E-state index in [1.165, 1.54) is 4.68 Å². The van der Waals surface area contributed by atoms with E-state index in [4.69, 9.17) is 32.2 Å². The minimum Gasteiger partial charge on any atom is -0.496 e. The molecule has 41 heavy (non-hydrogen) atoms. The van der Waals surface area contributed by atoms with Crippen LogP contribution in [0.5, 0.6) is 5.75 Å². The molecule has 3 heterocycles. The van der Waals surface area contributed by atoms with E-state index in [0.717, 1.165) is 11.1 Å². The van der Waals surface area contributed by atoms with Gasteiger partial charge in [0.2, 0.25) is 5.95 Å². The topological polar surface area (TPSA) is 142 Å². The zero-order valence-corrected chi connectivity index (χ0v) is 25.5. The molecule has 0 bridgehead atoms. The molecule has 0 saturated carbocycles. The van der Waals surface area contributed by atoms with Crippen LogP contribution >= 0.6 is 11.6 Å². The van der Waals surface area contributed by atoms with Gasteiger partial charge in [0.15, 0.2) is 5.65 Å². The van der Waals surface area contributed by atoms with E-state index < -0.39 is 29.5 Å². The minimum atomic E-state index is -1.16. The first-order chi connectivity index (χ1) is 19.0. The minimum absolute atomic E-state index is 0.0477. The number of aryl methyl sites for hydroxylation is 1. The Bertz CT molecular complexity index is 1490. The molecule has 2 amide bonds. The maximum Gasteiger partial charge on any atom is 0.427 e. The predicted octanol–water partition coefficient (Wildman–Crippen LogP) is 4.76. The summed E-state index contributed by atoms with van der Waals surface area (Å²) in [4.78, 5) is 40.3. The summed E-state index contributed by atoms with van der Waals surface area (Å²) in [7, 11) is 1.57. The van der Waals surface area contributed by atoms with Gasteiger partial charge in [-0.3, -0.25) is 4.98 Å². The molecule has 3 aromatic rings. The molecule has 0 aliphatic heterocycles. The number of terminal acetylenes is 1. The fourth-order valence-electron chi connectivity index (χ4n) is 3.91. The second-order valence-electron chi connectivity index (χ2n) is 11.3. The van der Waals surface area contributed by atoms with Crippen molar-refractivity contribution in [1.82, 2.24) is 24.7 Å². The lowest BCUT2D eigenvalue weighted by atomic mass is 10.1. The molecular weight excluding hydrogens is 552 g/mol. The van der Waals surface area contributed by atoms with Crippen molar-refractivity contribution in [2.45, 2.75) is 85.7 Å². The number of nitrogens with zero attached hydrogens (tertiary/aromatic N) is 6. The first kappa shape index (κ1) is 31.6. The average Bonchev–Trinajstić information content (AvgIpc) is 3.16. The molecule has 0 fully saturated rings. The lowest BCUT2D eigenvalue weighted by Gasteiger charge is -2.27. The standard InChI is InChI=1S/C28H35ClN6O6/c1-11-17(36)12-18-20-22(29)31-24(35(25(37)40-27(4,5)6)26(38)41-28(7,8)9)32-23(20)34(33-18)14-19-16(3)21(39-10)15(2)13-30-19/h1,13,17,36H,12,14H2,2-10H3. The Morgan fingerprint density at radius 3 is 2.20 bits per heavy atom. The van der Waals surface area contributed by atoms with Crippen LogP contribution in [0.4, 0.5) is 15.5 Å². The van der Waals surface area contributed by atoms with Gasteiger partial charge in [0.1, 0.15) is 28.2 Å². The van der Waals surface area contributed by atoms with E-state index in [-0.39, 0.29) is 35.1 Å². The molecule has 0 aromatic carbocycles. The summed E-state index contributed by atoms with van der Waals surface area (Å²) in [6.07, 6.45) is 3.75. The van der Waals surface area contributed by atoms with Gasteiger partial charge in [0.25, 0.3) is 0 Å². The van der Waals surface area contributed by atoms with E-state index in [1.807, 2.05) is 13.8 Å². The number of hydrogen-bond acceptors (Lipinski definition) is 10. The summed E-state index contributed by atoms with van der Waals surface area (Å²) in [6, 6.07) is 0. The van der Waals surface area contributed by atoms with E-state index in [1.54, 1.807) is 54.8 Å². The van der Waals surface area contributed by atoms with Gasteiger partial charge in [0, 0.05) is 23.7 Å². The van der Waals surface area contributed by atoms with Crippen molar-refractivity contribution >= 4 is 40.8 Å². The second-order valence-corrected chi connectivity index (χ2v) is 11.7.